The number of hydrogen-bond donors (Lipinski definition) is 1. The Morgan fingerprint density at radius 3 is 2.95 bits per heavy atom. The first kappa shape index (κ1) is 15.8. The molecule has 4 nitrogen and oxygen atoms in total. The van der Waals surface area contributed by atoms with Crippen LogP contribution in [0.25, 0.3) is 0 Å². The predicted octanol–water partition coefficient (Wildman–Crippen LogP) is 2.67. The summed E-state index contributed by atoms with van der Waals surface area (Å²) in [5.41, 5.74) is 3.87. The van der Waals surface area contributed by atoms with Gasteiger partial charge in [-0.2, -0.15) is 0 Å². The first-order chi connectivity index (χ1) is 10.1. The van der Waals surface area contributed by atoms with E-state index in [1.165, 1.54) is 16.7 Å². The van der Waals surface area contributed by atoms with Gasteiger partial charge in [-0.25, -0.2) is 4.79 Å². The molecule has 1 fully saturated rings. The van der Waals surface area contributed by atoms with Gasteiger partial charge in [-0.15, -0.1) is 0 Å². The maximum Gasteiger partial charge on any atom is 0.317 e. The number of urea groups is 1. The van der Waals surface area contributed by atoms with E-state index in [1.54, 1.807) is 7.11 Å². The van der Waals surface area contributed by atoms with Gasteiger partial charge in [0.05, 0.1) is 6.10 Å². The second-order valence-corrected chi connectivity index (χ2v) is 5.86. The van der Waals surface area contributed by atoms with Crippen molar-refractivity contribution in [3.63, 3.8) is 0 Å². The van der Waals surface area contributed by atoms with Crippen LogP contribution in [0.1, 0.15) is 29.5 Å². The van der Waals surface area contributed by atoms with Gasteiger partial charge >= 0.3 is 6.03 Å². The third-order valence-corrected chi connectivity index (χ3v) is 4.17. The minimum atomic E-state index is 0.0292. The van der Waals surface area contributed by atoms with E-state index in [4.69, 9.17) is 4.74 Å². The van der Waals surface area contributed by atoms with Gasteiger partial charge in [0, 0.05) is 26.7 Å². The summed E-state index contributed by atoms with van der Waals surface area (Å²) in [7, 11) is 1.71. The Kier molecular flexibility index (Phi) is 5.62. The second-order valence-electron chi connectivity index (χ2n) is 5.86. The molecule has 0 spiro atoms. The quantitative estimate of drug-likeness (QED) is 0.926. The maximum absolute atomic E-state index is 12.1. The summed E-state index contributed by atoms with van der Waals surface area (Å²) in [4.78, 5) is 14.0. The lowest BCUT2D eigenvalue weighted by Crippen LogP contribution is -2.47. The minimum Gasteiger partial charge on any atom is -0.380 e. The lowest BCUT2D eigenvalue weighted by atomic mass is 10.0. The molecule has 1 aromatic carbocycles. The number of carbonyl (C=O) groups is 1. The molecule has 116 valence electrons. The number of piperidine rings is 1. The fraction of sp³-hybridized carbons (Fsp3) is 0.588. The van der Waals surface area contributed by atoms with Crippen LogP contribution in [0.3, 0.4) is 0 Å². The number of methoxy groups -OCH3 is 1. The van der Waals surface area contributed by atoms with E-state index in [-0.39, 0.29) is 12.1 Å². The third-order valence-electron chi connectivity index (χ3n) is 4.17. The maximum atomic E-state index is 12.1. The molecule has 0 unspecified atom stereocenters. The van der Waals surface area contributed by atoms with Crippen molar-refractivity contribution < 1.29 is 9.53 Å². The van der Waals surface area contributed by atoms with Crippen molar-refractivity contribution in [1.29, 1.82) is 0 Å². The Bertz CT molecular complexity index is 488. The Morgan fingerprint density at radius 1 is 1.43 bits per heavy atom. The molecular weight excluding hydrogens is 264 g/mol. The molecule has 2 rings (SSSR count). The van der Waals surface area contributed by atoms with E-state index in [0.717, 1.165) is 25.8 Å². The third kappa shape index (κ3) is 4.46. The van der Waals surface area contributed by atoms with Gasteiger partial charge < -0.3 is 15.0 Å². The monoisotopic (exact) mass is 290 g/mol. The summed E-state index contributed by atoms with van der Waals surface area (Å²) in [6, 6.07) is 6.49. The minimum absolute atomic E-state index is 0.0292. The average Bonchev–Trinajstić information content (AvgIpc) is 2.49. The number of aryl methyl sites for hydroxylation is 2. The van der Waals surface area contributed by atoms with Gasteiger partial charge in [0.15, 0.2) is 0 Å². The van der Waals surface area contributed by atoms with Gasteiger partial charge in [-0.1, -0.05) is 23.8 Å². The number of nitrogens with zero attached hydrogens (tertiary/aromatic N) is 1. The second kappa shape index (κ2) is 7.46. The van der Waals surface area contributed by atoms with Crippen LogP contribution in [0.5, 0.6) is 0 Å². The highest BCUT2D eigenvalue weighted by Crippen LogP contribution is 2.13. The number of carbonyl (C=O) groups excluding carboxylic acids is 1. The van der Waals surface area contributed by atoms with E-state index in [2.05, 4.69) is 37.4 Å². The first-order valence-corrected chi connectivity index (χ1v) is 7.72. The Morgan fingerprint density at radius 2 is 2.24 bits per heavy atom. The Labute approximate surface area is 127 Å². The van der Waals surface area contributed by atoms with E-state index in [9.17, 15) is 4.79 Å². The van der Waals surface area contributed by atoms with E-state index < -0.39 is 0 Å². The summed E-state index contributed by atoms with van der Waals surface area (Å²) < 4.78 is 5.35. The summed E-state index contributed by atoms with van der Waals surface area (Å²) in [5, 5.41) is 3.02. The van der Waals surface area contributed by atoms with Crippen molar-refractivity contribution in [2.45, 2.75) is 39.2 Å². The molecule has 0 saturated carbocycles. The van der Waals surface area contributed by atoms with Crippen molar-refractivity contribution in [1.82, 2.24) is 10.2 Å². The Hall–Kier alpha value is -1.55. The van der Waals surface area contributed by atoms with Crippen LogP contribution in [0.2, 0.25) is 0 Å². The number of hydrogen-bond acceptors (Lipinski definition) is 2. The molecule has 1 saturated heterocycles. The normalized spacial score (nSPS) is 18.6. The zero-order chi connectivity index (χ0) is 15.2. The number of benzene rings is 1. The summed E-state index contributed by atoms with van der Waals surface area (Å²) >= 11 is 0. The average molecular weight is 290 g/mol. The van der Waals surface area contributed by atoms with Crippen LogP contribution in [-0.4, -0.2) is 43.8 Å². The van der Waals surface area contributed by atoms with Crippen molar-refractivity contribution in [3.05, 3.63) is 34.9 Å². The molecule has 2 amide bonds. The fourth-order valence-corrected chi connectivity index (χ4v) is 2.86. The van der Waals surface area contributed by atoms with Gasteiger partial charge in [0.25, 0.3) is 0 Å². The van der Waals surface area contributed by atoms with Crippen LogP contribution in [0.4, 0.5) is 4.79 Å². The van der Waals surface area contributed by atoms with Crippen LogP contribution in [0, 0.1) is 13.8 Å². The standard InChI is InChI=1S/C17H26N2O2/c1-13-6-7-15(14(2)11-13)8-9-18-17(20)19-10-4-5-16(12-19)21-3/h6-7,11,16H,4-5,8-10,12H2,1-3H3,(H,18,20)/t16-/m0/s1. The van der Waals surface area contributed by atoms with Crippen LogP contribution < -0.4 is 5.32 Å². The van der Waals surface area contributed by atoms with Gasteiger partial charge in [0.1, 0.15) is 0 Å². The predicted molar refractivity (Wildman–Crippen MR) is 84.6 cm³/mol. The van der Waals surface area contributed by atoms with Gasteiger partial charge in [-0.3, -0.25) is 0 Å². The van der Waals surface area contributed by atoms with Gasteiger partial charge in [0.2, 0.25) is 0 Å². The summed E-state index contributed by atoms with van der Waals surface area (Å²) in [6.07, 6.45) is 3.12. The lowest BCUT2D eigenvalue weighted by Gasteiger charge is -2.31. The van der Waals surface area contributed by atoms with Crippen molar-refractivity contribution in [2.75, 3.05) is 26.7 Å². The molecule has 1 aromatic rings. The molecule has 0 bridgehead atoms. The smallest absolute Gasteiger partial charge is 0.317 e. The molecule has 0 aliphatic carbocycles. The molecule has 0 radical (unpaired) electrons. The molecule has 1 N–H and O–H groups in total. The lowest BCUT2D eigenvalue weighted by molar-refractivity contribution is 0.0435. The molecule has 1 aliphatic heterocycles. The highest BCUT2D eigenvalue weighted by Gasteiger charge is 2.22. The van der Waals surface area contributed by atoms with Crippen LogP contribution in [0.15, 0.2) is 18.2 Å². The zero-order valence-corrected chi connectivity index (χ0v) is 13.3. The van der Waals surface area contributed by atoms with E-state index in [1.807, 2.05) is 4.90 Å². The van der Waals surface area contributed by atoms with Gasteiger partial charge in [-0.05, 0) is 44.2 Å². The molecule has 21 heavy (non-hydrogen) atoms. The fourth-order valence-electron chi connectivity index (χ4n) is 2.86. The number of rotatable bonds is 4. The first-order valence-electron chi connectivity index (χ1n) is 7.72. The summed E-state index contributed by atoms with van der Waals surface area (Å²) in [5.74, 6) is 0. The van der Waals surface area contributed by atoms with Crippen molar-refractivity contribution >= 4 is 6.03 Å². The largest absolute Gasteiger partial charge is 0.380 e. The molecule has 4 heteroatoms. The number of amides is 2. The number of likely N-dealkylation sites (tertiary alicyclic amines) is 1. The van der Waals surface area contributed by atoms with E-state index >= 15 is 0 Å². The van der Waals surface area contributed by atoms with Crippen LogP contribution in [-0.2, 0) is 11.2 Å². The SMILES string of the molecule is CO[C@H]1CCCN(C(=O)NCCc2ccc(C)cc2C)C1. The molecule has 1 aliphatic rings. The topological polar surface area (TPSA) is 41.6 Å². The van der Waals surface area contributed by atoms with Crippen molar-refractivity contribution in [2.24, 2.45) is 0 Å². The summed E-state index contributed by atoms with van der Waals surface area (Å²) in [6.45, 7) is 6.43. The number of ether oxygens (including phenoxy) is 1. The van der Waals surface area contributed by atoms with Crippen molar-refractivity contribution in [3.8, 4) is 0 Å². The molecule has 0 aromatic heterocycles. The molecule has 1 heterocycles. The highest BCUT2D eigenvalue weighted by molar-refractivity contribution is 5.74. The number of nitrogens with one attached hydrogen (secondary N) is 1. The zero-order valence-electron chi connectivity index (χ0n) is 13.3. The van der Waals surface area contributed by atoms with E-state index in [0.29, 0.717) is 13.1 Å². The molecular formula is C17H26N2O2. The molecule has 1 atom stereocenters. The van der Waals surface area contributed by atoms with Crippen LogP contribution >= 0.6 is 0 Å². The highest BCUT2D eigenvalue weighted by atomic mass is 16.5. The Balaban J connectivity index is 1.78.